The van der Waals surface area contributed by atoms with Crippen LogP contribution >= 0.6 is 0 Å². The molecule has 4 rings (SSSR count). The number of sulfonamides is 1. The number of anilines is 1. The zero-order valence-electron chi connectivity index (χ0n) is 18.8. The highest BCUT2D eigenvalue weighted by molar-refractivity contribution is 7.89. The fourth-order valence-corrected chi connectivity index (χ4v) is 3.96. The molecule has 1 aromatic heterocycles. The van der Waals surface area contributed by atoms with Gasteiger partial charge in [0.2, 0.25) is 10.0 Å². The largest absolute Gasteiger partial charge is 0.489 e. The molecule has 2 aromatic carbocycles. The Morgan fingerprint density at radius 3 is 2.57 bits per heavy atom. The summed E-state index contributed by atoms with van der Waals surface area (Å²) in [6.45, 7) is -0.161. The standard InChI is InChI=1S/C23H22N4O7S/c1-27-19-11-15(21(28)26-35(2,31)32)8-9-20(19)33-13-18(23(27)30)24-22(29)17-12-16(34-25-17)10-14-6-4-3-5-7-14/h3-9,11-12,18H,10,13H2,1-2H3,(H,24,29)(H,26,28). The van der Waals surface area contributed by atoms with Crippen LogP contribution in [-0.2, 0) is 21.2 Å². The van der Waals surface area contributed by atoms with E-state index in [1.165, 1.54) is 36.2 Å². The smallest absolute Gasteiger partial charge is 0.274 e. The highest BCUT2D eigenvalue weighted by atomic mass is 32.2. The molecule has 0 radical (unpaired) electrons. The second-order valence-electron chi connectivity index (χ2n) is 7.96. The maximum absolute atomic E-state index is 13.0. The summed E-state index contributed by atoms with van der Waals surface area (Å²) >= 11 is 0. The quantitative estimate of drug-likeness (QED) is 0.514. The van der Waals surface area contributed by atoms with Gasteiger partial charge in [-0.3, -0.25) is 14.4 Å². The van der Waals surface area contributed by atoms with Crippen molar-refractivity contribution in [2.45, 2.75) is 12.5 Å². The molecule has 182 valence electrons. The third-order valence-corrected chi connectivity index (χ3v) is 5.77. The number of carbonyl (C=O) groups is 3. The number of likely N-dealkylation sites (N-methyl/N-ethyl adjacent to an activating group) is 1. The maximum atomic E-state index is 13.0. The number of nitrogens with zero attached hydrogens (tertiary/aromatic N) is 2. The average molecular weight is 499 g/mol. The fraction of sp³-hybridized carbons (Fsp3) is 0.217. The van der Waals surface area contributed by atoms with Crippen molar-refractivity contribution in [1.29, 1.82) is 0 Å². The van der Waals surface area contributed by atoms with E-state index in [0.29, 0.717) is 17.9 Å². The first kappa shape index (κ1) is 24.0. The number of nitrogens with one attached hydrogen (secondary N) is 2. The molecular weight excluding hydrogens is 476 g/mol. The molecule has 0 aliphatic carbocycles. The lowest BCUT2D eigenvalue weighted by Crippen LogP contribution is -2.49. The Labute approximate surface area is 201 Å². The first-order valence-electron chi connectivity index (χ1n) is 10.5. The Balaban J connectivity index is 1.46. The van der Waals surface area contributed by atoms with Crippen LogP contribution in [0.5, 0.6) is 5.75 Å². The number of ether oxygens (including phenoxy) is 1. The molecule has 12 heteroatoms. The molecule has 0 fully saturated rings. The van der Waals surface area contributed by atoms with Crippen LogP contribution in [0.4, 0.5) is 5.69 Å². The highest BCUT2D eigenvalue weighted by Gasteiger charge is 2.32. The second kappa shape index (κ2) is 9.58. The van der Waals surface area contributed by atoms with Crippen molar-refractivity contribution >= 4 is 33.4 Å². The highest BCUT2D eigenvalue weighted by Crippen LogP contribution is 2.31. The molecule has 0 spiro atoms. The van der Waals surface area contributed by atoms with Gasteiger partial charge >= 0.3 is 0 Å². The van der Waals surface area contributed by atoms with Crippen LogP contribution in [0, 0.1) is 0 Å². The second-order valence-corrected chi connectivity index (χ2v) is 9.71. The molecule has 1 unspecified atom stereocenters. The normalized spacial score (nSPS) is 15.5. The summed E-state index contributed by atoms with van der Waals surface area (Å²) in [5.41, 5.74) is 1.28. The topological polar surface area (TPSA) is 148 Å². The summed E-state index contributed by atoms with van der Waals surface area (Å²) in [5, 5.41) is 6.40. The SMILES string of the molecule is CN1C(=O)C(NC(=O)c2cc(Cc3ccccc3)on2)COc2ccc(C(=O)NS(C)(=O)=O)cc21. The molecule has 1 atom stereocenters. The first-order valence-corrected chi connectivity index (χ1v) is 12.4. The van der Waals surface area contributed by atoms with Gasteiger partial charge in [-0.1, -0.05) is 35.5 Å². The van der Waals surface area contributed by atoms with E-state index >= 15 is 0 Å². The predicted molar refractivity (Wildman–Crippen MR) is 125 cm³/mol. The molecule has 1 aliphatic heterocycles. The Bertz CT molecular complexity index is 1390. The molecule has 3 amide bonds. The van der Waals surface area contributed by atoms with Crippen molar-refractivity contribution in [1.82, 2.24) is 15.2 Å². The number of benzene rings is 2. The molecule has 0 saturated heterocycles. The van der Waals surface area contributed by atoms with E-state index in [1.54, 1.807) is 0 Å². The van der Waals surface area contributed by atoms with Crippen molar-refractivity contribution in [3.05, 3.63) is 77.2 Å². The number of rotatable bonds is 6. The Morgan fingerprint density at radius 2 is 1.86 bits per heavy atom. The molecular formula is C23H22N4O7S. The summed E-state index contributed by atoms with van der Waals surface area (Å²) in [7, 11) is -2.30. The van der Waals surface area contributed by atoms with Crippen LogP contribution in [0.25, 0.3) is 0 Å². The molecule has 2 N–H and O–H groups in total. The Morgan fingerprint density at radius 1 is 1.11 bits per heavy atom. The molecule has 11 nitrogen and oxygen atoms in total. The lowest BCUT2D eigenvalue weighted by molar-refractivity contribution is -0.120. The monoisotopic (exact) mass is 498 g/mol. The van der Waals surface area contributed by atoms with Gasteiger partial charge in [-0.15, -0.1) is 0 Å². The van der Waals surface area contributed by atoms with Gasteiger partial charge in [0.1, 0.15) is 24.2 Å². The molecule has 0 bridgehead atoms. The number of hydrogen-bond acceptors (Lipinski definition) is 8. The lowest BCUT2D eigenvalue weighted by Gasteiger charge is -2.20. The van der Waals surface area contributed by atoms with E-state index in [4.69, 9.17) is 9.26 Å². The van der Waals surface area contributed by atoms with Gasteiger partial charge in [-0.05, 0) is 23.8 Å². The van der Waals surface area contributed by atoms with Gasteiger partial charge in [-0.25, -0.2) is 13.1 Å². The van der Waals surface area contributed by atoms with Gasteiger partial charge in [-0.2, -0.15) is 0 Å². The van der Waals surface area contributed by atoms with Crippen LogP contribution in [0.1, 0.15) is 32.2 Å². The van der Waals surface area contributed by atoms with Gasteiger partial charge in [0.25, 0.3) is 17.7 Å². The lowest BCUT2D eigenvalue weighted by atomic mass is 10.1. The number of amides is 3. The van der Waals surface area contributed by atoms with Crippen molar-refractivity contribution in [3.63, 3.8) is 0 Å². The van der Waals surface area contributed by atoms with E-state index in [-0.39, 0.29) is 23.6 Å². The molecule has 0 saturated carbocycles. The van der Waals surface area contributed by atoms with Crippen LogP contribution in [0.15, 0.2) is 59.1 Å². The molecule has 1 aliphatic rings. The van der Waals surface area contributed by atoms with Crippen molar-refractivity contribution in [2.24, 2.45) is 0 Å². The van der Waals surface area contributed by atoms with Gasteiger partial charge < -0.3 is 19.5 Å². The summed E-state index contributed by atoms with van der Waals surface area (Å²) in [6.07, 6.45) is 1.32. The summed E-state index contributed by atoms with van der Waals surface area (Å²) < 4.78 is 35.5. The summed E-state index contributed by atoms with van der Waals surface area (Å²) in [5.74, 6) is -1.16. The Hall–Kier alpha value is -4.19. The van der Waals surface area contributed by atoms with E-state index in [9.17, 15) is 22.8 Å². The third kappa shape index (κ3) is 5.66. The number of hydrogen-bond donors (Lipinski definition) is 2. The van der Waals surface area contributed by atoms with E-state index in [0.717, 1.165) is 11.8 Å². The zero-order chi connectivity index (χ0) is 25.2. The minimum atomic E-state index is -3.76. The predicted octanol–water partition coefficient (Wildman–Crippen LogP) is 1.11. The average Bonchev–Trinajstić information content (AvgIpc) is 3.24. The third-order valence-electron chi connectivity index (χ3n) is 5.21. The Kier molecular flexibility index (Phi) is 6.56. The molecule has 35 heavy (non-hydrogen) atoms. The molecule has 2 heterocycles. The molecule has 3 aromatic rings. The van der Waals surface area contributed by atoms with Gasteiger partial charge in [0.05, 0.1) is 11.9 Å². The summed E-state index contributed by atoms with van der Waals surface area (Å²) in [4.78, 5) is 39.2. The van der Waals surface area contributed by atoms with Crippen molar-refractivity contribution in [3.8, 4) is 5.75 Å². The zero-order valence-corrected chi connectivity index (χ0v) is 19.7. The van der Waals surface area contributed by atoms with Gasteiger partial charge in [0, 0.05) is 25.1 Å². The van der Waals surface area contributed by atoms with E-state index in [1.807, 2.05) is 35.1 Å². The minimum Gasteiger partial charge on any atom is -0.489 e. The van der Waals surface area contributed by atoms with Crippen molar-refractivity contribution < 1.29 is 32.1 Å². The van der Waals surface area contributed by atoms with Crippen LogP contribution < -0.4 is 19.7 Å². The van der Waals surface area contributed by atoms with E-state index in [2.05, 4.69) is 10.5 Å². The van der Waals surface area contributed by atoms with Gasteiger partial charge in [0.15, 0.2) is 5.69 Å². The summed E-state index contributed by atoms with van der Waals surface area (Å²) in [6, 6.07) is 14.2. The first-order chi connectivity index (χ1) is 16.6. The van der Waals surface area contributed by atoms with Crippen LogP contribution in [0.2, 0.25) is 0 Å². The van der Waals surface area contributed by atoms with Crippen molar-refractivity contribution in [2.75, 3.05) is 24.8 Å². The van der Waals surface area contributed by atoms with Crippen LogP contribution in [-0.4, -0.2) is 57.2 Å². The van der Waals surface area contributed by atoms with Crippen LogP contribution in [0.3, 0.4) is 0 Å². The number of aromatic nitrogens is 1. The maximum Gasteiger partial charge on any atom is 0.274 e. The number of fused-ring (bicyclic) bond motifs is 1. The number of carbonyl (C=O) groups excluding carboxylic acids is 3. The van der Waals surface area contributed by atoms with E-state index < -0.39 is 33.8 Å². The minimum absolute atomic E-state index is 0.0212. The fourth-order valence-electron chi connectivity index (χ4n) is 3.50.